The Morgan fingerprint density at radius 1 is 1.28 bits per heavy atom. The Labute approximate surface area is 105 Å². The van der Waals surface area contributed by atoms with E-state index in [-0.39, 0.29) is 12.5 Å². The number of hydrogen-bond donors (Lipinski definition) is 1. The van der Waals surface area contributed by atoms with Crippen molar-refractivity contribution in [1.29, 1.82) is 0 Å². The second kappa shape index (κ2) is 3.99. The molecule has 2 N–H and O–H groups in total. The summed E-state index contributed by atoms with van der Waals surface area (Å²) in [5.74, 6) is 0.618. The average Bonchev–Trinajstić information content (AvgIpc) is 2.42. The lowest BCUT2D eigenvalue weighted by molar-refractivity contribution is -0.125. The van der Waals surface area contributed by atoms with Gasteiger partial charge in [0.25, 0.3) is 5.91 Å². The van der Waals surface area contributed by atoms with E-state index >= 15 is 0 Å². The number of ether oxygens (including phenoxy) is 1. The zero-order valence-electron chi connectivity index (χ0n) is 10.1. The van der Waals surface area contributed by atoms with E-state index in [0.29, 0.717) is 5.75 Å². The molecule has 1 unspecified atom stereocenters. The molecule has 0 spiro atoms. The number of rotatable bonds is 1. The Kier molecular flexibility index (Phi) is 2.45. The lowest BCUT2D eigenvalue weighted by Gasteiger charge is -2.32. The van der Waals surface area contributed by atoms with Crippen molar-refractivity contribution < 1.29 is 9.53 Å². The van der Waals surface area contributed by atoms with Gasteiger partial charge < -0.3 is 15.4 Å². The number of nitrogens with two attached hydrogens (primary N) is 1. The van der Waals surface area contributed by atoms with Crippen LogP contribution < -0.4 is 15.4 Å². The first-order chi connectivity index (χ1) is 8.72. The molecule has 0 aliphatic carbocycles. The molecule has 0 saturated carbocycles. The molecule has 1 aliphatic rings. The van der Waals surface area contributed by atoms with Crippen LogP contribution in [0.3, 0.4) is 0 Å². The number of carbonyl (C=O) groups excluding carboxylic acids is 1. The number of carbonyl (C=O) groups is 1. The van der Waals surface area contributed by atoms with Gasteiger partial charge in [-0.2, -0.15) is 0 Å². The summed E-state index contributed by atoms with van der Waals surface area (Å²) in [6.07, 6.45) is -0.580. The number of fused-ring (bicyclic) bond motifs is 3. The van der Waals surface area contributed by atoms with Gasteiger partial charge in [-0.1, -0.05) is 30.3 Å². The van der Waals surface area contributed by atoms with E-state index in [1.54, 1.807) is 11.9 Å². The number of hydrogen-bond acceptors (Lipinski definition) is 3. The predicted octanol–water partition coefficient (Wildman–Crippen LogP) is 1.52. The van der Waals surface area contributed by atoms with Gasteiger partial charge in [-0.3, -0.25) is 4.79 Å². The SMILES string of the molecule is CN1C(=O)C(CN)Oc2ccc3ccccc3c21. The van der Waals surface area contributed by atoms with Gasteiger partial charge in [0, 0.05) is 19.0 Å². The molecular weight excluding hydrogens is 228 g/mol. The van der Waals surface area contributed by atoms with E-state index in [1.807, 2.05) is 36.4 Å². The Morgan fingerprint density at radius 2 is 2.06 bits per heavy atom. The van der Waals surface area contributed by atoms with Crippen LogP contribution in [0.2, 0.25) is 0 Å². The van der Waals surface area contributed by atoms with Gasteiger partial charge in [-0.05, 0) is 11.5 Å². The van der Waals surface area contributed by atoms with Crippen LogP contribution in [-0.2, 0) is 4.79 Å². The highest BCUT2D eigenvalue weighted by Gasteiger charge is 2.32. The topological polar surface area (TPSA) is 55.6 Å². The van der Waals surface area contributed by atoms with E-state index < -0.39 is 6.10 Å². The van der Waals surface area contributed by atoms with E-state index in [1.165, 1.54) is 0 Å². The van der Waals surface area contributed by atoms with Gasteiger partial charge in [0.15, 0.2) is 6.10 Å². The molecule has 2 aromatic carbocycles. The molecule has 0 radical (unpaired) electrons. The van der Waals surface area contributed by atoms with Crippen LogP contribution in [0.5, 0.6) is 5.75 Å². The van der Waals surface area contributed by atoms with Crippen molar-refractivity contribution in [3.8, 4) is 5.75 Å². The molecule has 1 amide bonds. The zero-order chi connectivity index (χ0) is 12.7. The third-order valence-corrected chi connectivity index (χ3v) is 3.29. The van der Waals surface area contributed by atoms with Crippen molar-refractivity contribution in [3.63, 3.8) is 0 Å². The van der Waals surface area contributed by atoms with E-state index in [2.05, 4.69) is 0 Å². The normalized spacial score (nSPS) is 18.7. The van der Waals surface area contributed by atoms with Crippen LogP contribution in [0, 0.1) is 0 Å². The minimum Gasteiger partial charge on any atom is -0.477 e. The Bertz CT molecular complexity index is 624. The number of nitrogens with zero attached hydrogens (tertiary/aromatic N) is 1. The predicted molar refractivity (Wildman–Crippen MR) is 70.8 cm³/mol. The van der Waals surface area contributed by atoms with Crippen LogP contribution in [0.4, 0.5) is 5.69 Å². The maximum atomic E-state index is 12.1. The molecule has 4 heteroatoms. The fourth-order valence-electron chi connectivity index (χ4n) is 2.35. The van der Waals surface area contributed by atoms with Crippen molar-refractivity contribution >= 4 is 22.4 Å². The standard InChI is InChI=1S/C14H14N2O2/c1-16-13-10-5-3-2-4-9(10)6-7-11(13)18-12(8-15)14(16)17/h2-7,12H,8,15H2,1H3. The number of likely N-dealkylation sites (N-methyl/N-ethyl adjacent to an activating group) is 1. The molecule has 1 heterocycles. The zero-order valence-corrected chi connectivity index (χ0v) is 10.1. The molecule has 3 rings (SSSR count). The smallest absolute Gasteiger partial charge is 0.269 e. The molecule has 1 atom stereocenters. The van der Waals surface area contributed by atoms with Gasteiger partial charge >= 0.3 is 0 Å². The Morgan fingerprint density at radius 3 is 2.83 bits per heavy atom. The summed E-state index contributed by atoms with van der Waals surface area (Å²) in [5, 5.41) is 2.10. The lowest BCUT2D eigenvalue weighted by atomic mass is 10.1. The van der Waals surface area contributed by atoms with Gasteiger partial charge in [-0.25, -0.2) is 0 Å². The van der Waals surface area contributed by atoms with Crippen molar-refractivity contribution in [1.82, 2.24) is 0 Å². The quantitative estimate of drug-likeness (QED) is 0.825. The monoisotopic (exact) mass is 242 g/mol. The lowest BCUT2D eigenvalue weighted by Crippen LogP contribution is -2.47. The highest BCUT2D eigenvalue weighted by Crippen LogP contribution is 2.39. The molecule has 2 aromatic rings. The largest absolute Gasteiger partial charge is 0.477 e. The number of benzene rings is 2. The summed E-state index contributed by atoms with van der Waals surface area (Å²) in [6.45, 7) is 0.190. The van der Waals surface area contributed by atoms with Crippen molar-refractivity contribution in [2.24, 2.45) is 5.73 Å². The number of anilines is 1. The third-order valence-electron chi connectivity index (χ3n) is 3.29. The Hall–Kier alpha value is -2.07. The second-order valence-corrected chi connectivity index (χ2v) is 4.37. The molecular formula is C14H14N2O2. The highest BCUT2D eigenvalue weighted by molar-refractivity contribution is 6.08. The van der Waals surface area contributed by atoms with Crippen molar-refractivity contribution in [3.05, 3.63) is 36.4 Å². The van der Waals surface area contributed by atoms with Crippen LogP contribution in [0.1, 0.15) is 0 Å². The van der Waals surface area contributed by atoms with Gasteiger partial charge in [0.05, 0.1) is 5.69 Å². The van der Waals surface area contributed by atoms with Crippen molar-refractivity contribution in [2.75, 3.05) is 18.5 Å². The van der Waals surface area contributed by atoms with Crippen LogP contribution in [0.15, 0.2) is 36.4 Å². The van der Waals surface area contributed by atoms with Gasteiger partial charge in [0.1, 0.15) is 5.75 Å². The molecule has 1 aliphatic heterocycles. The molecule has 0 saturated heterocycles. The first-order valence-electron chi connectivity index (χ1n) is 5.88. The fourth-order valence-corrected chi connectivity index (χ4v) is 2.35. The Balaban J connectivity index is 2.25. The van der Waals surface area contributed by atoms with Gasteiger partial charge in [0.2, 0.25) is 0 Å². The van der Waals surface area contributed by atoms with Gasteiger partial charge in [-0.15, -0.1) is 0 Å². The minimum atomic E-state index is -0.580. The second-order valence-electron chi connectivity index (χ2n) is 4.37. The third kappa shape index (κ3) is 1.46. The van der Waals surface area contributed by atoms with E-state index in [4.69, 9.17) is 10.5 Å². The summed E-state index contributed by atoms with van der Waals surface area (Å²) in [5.41, 5.74) is 6.38. The molecule has 4 nitrogen and oxygen atoms in total. The van der Waals surface area contributed by atoms with Crippen LogP contribution in [-0.4, -0.2) is 25.6 Å². The number of amides is 1. The maximum Gasteiger partial charge on any atom is 0.269 e. The molecule has 0 aromatic heterocycles. The molecule has 0 bridgehead atoms. The first kappa shape index (κ1) is 11.0. The molecule has 18 heavy (non-hydrogen) atoms. The van der Waals surface area contributed by atoms with Crippen LogP contribution in [0.25, 0.3) is 10.8 Å². The summed E-state index contributed by atoms with van der Waals surface area (Å²) in [6, 6.07) is 11.8. The summed E-state index contributed by atoms with van der Waals surface area (Å²) in [4.78, 5) is 13.7. The average molecular weight is 242 g/mol. The van der Waals surface area contributed by atoms with E-state index in [9.17, 15) is 4.79 Å². The summed E-state index contributed by atoms with van der Waals surface area (Å²) < 4.78 is 5.66. The maximum absolute atomic E-state index is 12.1. The fraction of sp³-hybridized carbons (Fsp3) is 0.214. The minimum absolute atomic E-state index is 0.0960. The van der Waals surface area contributed by atoms with Crippen LogP contribution >= 0.6 is 0 Å². The highest BCUT2D eigenvalue weighted by atomic mass is 16.5. The summed E-state index contributed by atoms with van der Waals surface area (Å²) >= 11 is 0. The molecule has 0 fully saturated rings. The molecule has 92 valence electrons. The summed E-state index contributed by atoms with van der Waals surface area (Å²) in [7, 11) is 1.76. The van der Waals surface area contributed by atoms with E-state index in [0.717, 1.165) is 16.5 Å². The van der Waals surface area contributed by atoms with Crippen molar-refractivity contribution in [2.45, 2.75) is 6.10 Å². The first-order valence-corrected chi connectivity index (χ1v) is 5.88.